The number of aryl methyl sites for hydroxylation is 1. The number of hydrogen-bond acceptors (Lipinski definition) is 7. The number of methoxy groups -OCH3 is 1. The molecule has 1 amide bonds. The molecule has 0 saturated carbocycles. The molecule has 208 valence electrons. The van der Waals surface area contributed by atoms with Crippen molar-refractivity contribution in [3.05, 3.63) is 94.5 Å². The molecule has 0 bridgehead atoms. The summed E-state index contributed by atoms with van der Waals surface area (Å²) in [5.74, 6) is -1.63. The van der Waals surface area contributed by atoms with E-state index in [9.17, 15) is 14.4 Å². The maximum absolute atomic E-state index is 13.4. The lowest BCUT2D eigenvalue weighted by atomic mass is 9.89. The number of carbonyl (C=O) groups excluding carboxylic acids is 3. The second-order valence-corrected chi connectivity index (χ2v) is 9.94. The Balaban J connectivity index is 1.73. The van der Waals surface area contributed by atoms with Crippen LogP contribution in [0.15, 0.2) is 71.7 Å². The van der Waals surface area contributed by atoms with E-state index in [4.69, 9.17) is 14.5 Å². The van der Waals surface area contributed by atoms with Crippen LogP contribution >= 0.6 is 0 Å². The second-order valence-electron chi connectivity index (χ2n) is 9.94. The first-order valence-electron chi connectivity index (χ1n) is 13.4. The molecule has 0 aliphatic carbocycles. The summed E-state index contributed by atoms with van der Waals surface area (Å²) in [6.45, 7) is 3.07. The lowest BCUT2D eigenvalue weighted by Crippen LogP contribution is -2.22. The third-order valence-corrected chi connectivity index (χ3v) is 6.76. The summed E-state index contributed by atoms with van der Waals surface area (Å²) in [5.41, 5.74) is 5.89. The maximum atomic E-state index is 13.4. The Bertz CT molecular complexity index is 1410. The minimum absolute atomic E-state index is 0.227. The largest absolute Gasteiger partial charge is 0.466 e. The van der Waals surface area contributed by atoms with Gasteiger partial charge in [0.15, 0.2) is 0 Å². The minimum Gasteiger partial charge on any atom is -0.466 e. The van der Waals surface area contributed by atoms with Gasteiger partial charge in [-0.3, -0.25) is 14.6 Å². The van der Waals surface area contributed by atoms with Crippen molar-refractivity contribution in [1.29, 1.82) is 0 Å². The van der Waals surface area contributed by atoms with Crippen LogP contribution in [0.2, 0.25) is 0 Å². The summed E-state index contributed by atoms with van der Waals surface area (Å²) in [6, 6.07) is 20.8. The number of benzene rings is 3. The molecule has 8 nitrogen and oxygen atoms in total. The Morgan fingerprint density at radius 1 is 0.950 bits per heavy atom. The minimum atomic E-state index is -0.685. The predicted octanol–water partition coefficient (Wildman–Crippen LogP) is 4.93. The molecule has 0 spiro atoms. The maximum Gasteiger partial charge on any atom is 0.337 e. The molecule has 1 aliphatic rings. The van der Waals surface area contributed by atoms with Gasteiger partial charge in [-0.15, -0.1) is 0 Å². The summed E-state index contributed by atoms with van der Waals surface area (Å²) >= 11 is 0. The van der Waals surface area contributed by atoms with E-state index in [-0.39, 0.29) is 18.3 Å². The van der Waals surface area contributed by atoms with Gasteiger partial charge in [0.2, 0.25) is 5.91 Å². The van der Waals surface area contributed by atoms with Gasteiger partial charge in [0.25, 0.3) is 0 Å². The zero-order chi connectivity index (χ0) is 28.6. The van der Waals surface area contributed by atoms with Crippen molar-refractivity contribution in [2.24, 2.45) is 4.99 Å². The van der Waals surface area contributed by atoms with Gasteiger partial charge in [-0.2, -0.15) is 0 Å². The van der Waals surface area contributed by atoms with Crippen LogP contribution < -0.4 is 5.32 Å². The van der Waals surface area contributed by atoms with Gasteiger partial charge < -0.3 is 19.7 Å². The summed E-state index contributed by atoms with van der Waals surface area (Å²) in [6.07, 6.45) is 1.70. The van der Waals surface area contributed by atoms with E-state index < -0.39 is 11.9 Å². The van der Waals surface area contributed by atoms with Gasteiger partial charge in [0, 0.05) is 18.7 Å². The molecule has 0 saturated heterocycles. The first-order chi connectivity index (χ1) is 19.3. The van der Waals surface area contributed by atoms with Crippen molar-refractivity contribution >= 4 is 34.9 Å². The van der Waals surface area contributed by atoms with Gasteiger partial charge in [-0.25, -0.2) is 4.79 Å². The van der Waals surface area contributed by atoms with Gasteiger partial charge in [-0.1, -0.05) is 36.4 Å². The van der Waals surface area contributed by atoms with Crippen LogP contribution in [-0.2, 0) is 31.9 Å². The van der Waals surface area contributed by atoms with Crippen LogP contribution in [0.5, 0.6) is 0 Å². The van der Waals surface area contributed by atoms with Gasteiger partial charge >= 0.3 is 11.9 Å². The molecule has 0 fully saturated rings. The summed E-state index contributed by atoms with van der Waals surface area (Å²) in [5, 5.41) is 2.91. The van der Waals surface area contributed by atoms with Crippen LogP contribution in [0, 0.1) is 0 Å². The lowest BCUT2D eigenvalue weighted by molar-refractivity contribution is -0.143. The fraction of sp³-hybridized carbons (Fsp3) is 0.312. The van der Waals surface area contributed by atoms with Crippen molar-refractivity contribution in [3.8, 4) is 0 Å². The predicted molar refractivity (Wildman–Crippen MR) is 155 cm³/mol. The van der Waals surface area contributed by atoms with Crippen LogP contribution in [0.1, 0.15) is 51.9 Å². The SMILES string of the molecule is CCOC(=O)CCc1cccc(C(=Nc2ccc(CCN(C)C)cc2)C2C(=O)Nc3cc(C(=O)OC)ccc32)c1. The first-order valence-corrected chi connectivity index (χ1v) is 13.4. The molecule has 40 heavy (non-hydrogen) atoms. The molecule has 1 heterocycles. The van der Waals surface area contributed by atoms with Gasteiger partial charge in [0.1, 0.15) is 5.92 Å². The fourth-order valence-corrected chi connectivity index (χ4v) is 4.67. The first kappa shape index (κ1) is 28.7. The van der Waals surface area contributed by atoms with E-state index in [2.05, 4.69) is 22.3 Å². The summed E-state index contributed by atoms with van der Waals surface area (Å²) in [4.78, 5) is 44.5. The quantitative estimate of drug-likeness (QED) is 0.273. The van der Waals surface area contributed by atoms with Gasteiger partial charge in [0.05, 0.1) is 30.7 Å². The third kappa shape index (κ3) is 7.01. The van der Waals surface area contributed by atoms with Crippen molar-refractivity contribution in [2.75, 3.05) is 39.7 Å². The molecule has 8 heteroatoms. The number of likely N-dealkylation sites (N-methyl/N-ethyl adjacent to an activating group) is 1. The molecule has 0 radical (unpaired) electrons. The van der Waals surface area contributed by atoms with Crippen molar-refractivity contribution in [2.45, 2.75) is 32.1 Å². The average molecular weight is 542 g/mol. The topological polar surface area (TPSA) is 97.3 Å². The number of nitrogens with one attached hydrogen (secondary N) is 1. The highest BCUT2D eigenvalue weighted by molar-refractivity contribution is 6.24. The Morgan fingerprint density at radius 2 is 1.73 bits per heavy atom. The third-order valence-electron chi connectivity index (χ3n) is 6.76. The zero-order valence-corrected chi connectivity index (χ0v) is 23.4. The standard InChI is InChI=1S/C32H35N3O5/c1-5-40-28(36)16-11-22-7-6-8-23(19-22)30(33-25-13-9-21(10-14-25)17-18-35(2)3)29-26-15-12-24(32(38)39-4)20-27(26)34-31(29)37/h6-10,12-15,19-20,29H,5,11,16-18H2,1-4H3,(H,34,37). The zero-order valence-electron chi connectivity index (χ0n) is 23.4. The van der Waals surface area contributed by atoms with Crippen molar-refractivity contribution in [1.82, 2.24) is 4.90 Å². The van der Waals surface area contributed by atoms with E-state index in [0.29, 0.717) is 30.0 Å². The molecule has 4 rings (SSSR count). The molecule has 1 N–H and O–H groups in total. The molecular weight excluding hydrogens is 506 g/mol. The number of carbonyl (C=O) groups is 3. The highest BCUT2D eigenvalue weighted by atomic mass is 16.5. The highest BCUT2D eigenvalue weighted by Gasteiger charge is 2.36. The van der Waals surface area contributed by atoms with Crippen LogP contribution in [0.4, 0.5) is 11.4 Å². The van der Waals surface area contributed by atoms with E-state index in [0.717, 1.165) is 35.3 Å². The number of esters is 2. The Morgan fingerprint density at radius 3 is 2.42 bits per heavy atom. The molecular formula is C32H35N3O5. The van der Waals surface area contributed by atoms with Crippen molar-refractivity contribution < 1.29 is 23.9 Å². The molecule has 1 atom stereocenters. The van der Waals surface area contributed by atoms with E-state index in [1.165, 1.54) is 12.7 Å². The number of rotatable bonds is 11. The number of aliphatic imine (C=N–C) groups is 1. The smallest absolute Gasteiger partial charge is 0.337 e. The number of nitrogens with zero attached hydrogens (tertiary/aromatic N) is 2. The molecule has 0 aromatic heterocycles. The molecule has 3 aromatic carbocycles. The fourth-order valence-electron chi connectivity index (χ4n) is 4.67. The Labute approximate surface area is 235 Å². The Kier molecular flexibility index (Phi) is 9.45. The second kappa shape index (κ2) is 13.2. The molecule has 1 aliphatic heterocycles. The number of anilines is 1. The highest BCUT2D eigenvalue weighted by Crippen LogP contribution is 2.37. The number of fused-ring (bicyclic) bond motifs is 1. The lowest BCUT2D eigenvalue weighted by Gasteiger charge is -2.15. The summed E-state index contributed by atoms with van der Waals surface area (Å²) < 4.78 is 9.92. The Hall–Kier alpha value is -4.30. The molecule has 3 aromatic rings. The number of amides is 1. The monoisotopic (exact) mass is 541 g/mol. The number of hydrogen-bond donors (Lipinski definition) is 1. The van der Waals surface area contributed by atoms with E-state index in [1.54, 1.807) is 25.1 Å². The average Bonchev–Trinajstić information content (AvgIpc) is 3.28. The van der Waals surface area contributed by atoms with E-state index in [1.807, 2.05) is 50.5 Å². The molecule has 1 unspecified atom stereocenters. The summed E-state index contributed by atoms with van der Waals surface area (Å²) in [7, 11) is 5.41. The van der Waals surface area contributed by atoms with Crippen LogP contribution in [-0.4, -0.2) is 62.8 Å². The van der Waals surface area contributed by atoms with Gasteiger partial charge in [-0.05, 0) is 86.4 Å². The van der Waals surface area contributed by atoms with Crippen molar-refractivity contribution in [3.63, 3.8) is 0 Å². The van der Waals surface area contributed by atoms with Crippen LogP contribution in [0.3, 0.4) is 0 Å². The van der Waals surface area contributed by atoms with E-state index >= 15 is 0 Å². The number of ether oxygens (including phenoxy) is 2. The normalized spacial score (nSPS) is 14.6. The van der Waals surface area contributed by atoms with Crippen LogP contribution in [0.25, 0.3) is 0 Å².